The highest BCUT2D eigenvalue weighted by molar-refractivity contribution is 5.93. The molecule has 0 fully saturated rings. The van der Waals surface area contributed by atoms with E-state index in [2.05, 4.69) is 20.3 Å². The average molecular weight is 423 g/mol. The molecule has 9 heteroatoms. The van der Waals surface area contributed by atoms with Crippen molar-refractivity contribution in [2.75, 3.05) is 20.2 Å². The number of rotatable bonds is 5. The van der Waals surface area contributed by atoms with E-state index in [9.17, 15) is 14.0 Å². The number of hydroxylamine groups is 2. The Balaban J connectivity index is 1.47. The summed E-state index contributed by atoms with van der Waals surface area (Å²) >= 11 is 0. The van der Waals surface area contributed by atoms with Crippen LogP contribution in [0.15, 0.2) is 41.5 Å². The maximum Gasteiger partial charge on any atom is 0.252 e. The minimum Gasteiger partial charge on any atom is -0.355 e. The topological polar surface area (TPSA) is 100 Å². The molecule has 8 nitrogen and oxygen atoms in total. The highest BCUT2D eigenvalue weighted by Gasteiger charge is 2.19. The molecule has 0 atom stereocenters. The predicted octanol–water partition coefficient (Wildman–Crippen LogP) is 2.21. The highest BCUT2D eigenvalue weighted by atomic mass is 19.1. The van der Waals surface area contributed by atoms with Crippen molar-refractivity contribution in [1.82, 2.24) is 25.3 Å². The number of aromatic nitrogens is 3. The van der Waals surface area contributed by atoms with Crippen molar-refractivity contribution in [3.05, 3.63) is 75.2 Å². The van der Waals surface area contributed by atoms with Crippen LogP contribution in [-0.2, 0) is 17.8 Å². The van der Waals surface area contributed by atoms with Crippen molar-refractivity contribution in [3.63, 3.8) is 0 Å². The van der Waals surface area contributed by atoms with Crippen LogP contribution in [0.5, 0.6) is 0 Å². The third-order valence-electron chi connectivity index (χ3n) is 5.14. The number of fused-ring (bicyclic) bond motifs is 1. The minimum atomic E-state index is -0.571. The largest absolute Gasteiger partial charge is 0.355 e. The average Bonchev–Trinajstić information content (AvgIpc) is 2.78. The lowest BCUT2D eigenvalue weighted by Crippen LogP contribution is -2.29. The van der Waals surface area contributed by atoms with Crippen LogP contribution >= 0.6 is 0 Å². The third kappa shape index (κ3) is 4.37. The molecule has 4 heterocycles. The molecule has 0 saturated heterocycles. The molecule has 31 heavy (non-hydrogen) atoms. The first-order valence-corrected chi connectivity index (χ1v) is 9.94. The third-order valence-corrected chi connectivity index (χ3v) is 5.14. The van der Waals surface area contributed by atoms with Gasteiger partial charge in [0.1, 0.15) is 11.5 Å². The molecule has 0 bridgehead atoms. The minimum absolute atomic E-state index is 0.104. The number of hydrogen-bond donors (Lipinski definition) is 2. The summed E-state index contributed by atoms with van der Waals surface area (Å²) in [6.45, 7) is 2.96. The van der Waals surface area contributed by atoms with Crippen molar-refractivity contribution in [1.29, 1.82) is 0 Å². The molecule has 0 aromatic carbocycles. The Kier molecular flexibility index (Phi) is 5.88. The monoisotopic (exact) mass is 423 g/mol. The van der Waals surface area contributed by atoms with Crippen LogP contribution in [0.2, 0.25) is 0 Å². The zero-order chi connectivity index (χ0) is 22.0. The van der Waals surface area contributed by atoms with Gasteiger partial charge in [-0.3, -0.25) is 24.4 Å². The second kappa shape index (κ2) is 8.75. The summed E-state index contributed by atoms with van der Waals surface area (Å²) in [6.07, 6.45) is 5.59. The van der Waals surface area contributed by atoms with E-state index < -0.39 is 11.7 Å². The normalized spacial score (nSPS) is 14.5. The van der Waals surface area contributed by atoms with E-state index in [1.807, 2.05) is 19.1 Å². The predicted molar refractivity (Wildman–Crippen MR) is 114 cm³/mol. The molecule has 1 aliphatic heterocycles. The van der Waals surface area contributed by atoms with Gasteiger partial charge in [0.05, 0.1) is 29.7 Å². The molecule has 3 aromatic rings. The molecule has 0 radical (unpaired) electrons. The summed E-state index contributed by atoms with van der Waals surface area (Å²) in [5.74, 6) is -0.965. The summed E-state index contributed by atoms with van der Waals surface area (Å²) in [6, 6.07) is 4.85. The van der Waals surface area contributed by atoms with E-state index in [1.54, 1.807) is 17.3 Å². The van der Waals surface area contributed by atoms with Gasteiger partial charge in [0, 0.05) is 37.1 Å². The van der Waals surface area contributed by atoms with E-state index in [4.69, 9.17) is 4.84 Å². The zero-order valence-corrected chi connectivity index (χ0v) is 17.2. The maximum absolute atomic E-state index is 14.4. The van der Waals surface area contributed by atoms with E-state index >= 15 is 0 Å². The number of amides is 1. The fourth-order valence-corrected chi connectivity index (χ4v) is 3.42. The highest BCUT2D eigenvalue weighted by Crippen LogP contribution is 2.22. The van der Waals surface area contributed by atoms with Gasteiger partial charge in [0.25, 0.3) is 11.5 Å². The van der Waals surface area contributed by atoms with Crippen molar-refractivity contribution in [2.24, 2.45) is 0 Å². The van der Waals surface area contributed by atoms with Crippen molar-refractivity contribution in [2.45, 2.75) is 19.9 Å². The number of carbonyl (C=O) groups is 1. The standard InChI is InChI=1S/C22H22FN5O3/c1-3-14-8-18-19(27-22(14)30)6-13(9-25-18)11-28-5-4-15(12-31-28)20-17(23)7-16(10-26-20)21(29)24-2/h4,6-10H,3,5,11-12H2,1-2H3,(H,24,29)(H,27,30). The number of halogens is 1. The SMILES string of the molecule is CCc1cc2ncc(CN3CC=C(c4ncc(C(=O)NC)cc4F)CO3)cc2[nH]c1=O. The van der Waals surface area contributed by atoms with Gasteiger partial charge in [-0.15, -0.1) is 0 Å². The smallest absolute Gasteiger partial charge is 0.252 e. The number of hydrogen-bond acceptors (Lipinski definition) is 6. The van der Waals surface area contributed by atoms with E-state index in [0.29, 0.717) is 36.2 Å². The maximum atomic E-state index is 14.4. The molecule has 2 N–H and O–H groups in total. The number of nitrogens with zero attached hydrogens (tertiary/aromatic N) is 3. The zero-order valence-electron chi connectivity index (χ0n) is 17.2. The van der Waals surface area contributed by atoms with E-state index in [0.717, 1.165) is 11.1 Å². The molecule has 0 aliphatic carbocycles. The van der Waals surface area contributed by atoms with Gasteiger partial charge in [-0.05, 0) is 30.2 Å². The summed E-state index contributed by atoms with van der Waals surface area (Å²) in [5.41, 5.74) is 3.84. The number of H-pyrrole nitrogens is 1. The summed E-state index contributed by atoms with van der Waals surface area (Å²) < 4.78 is 14.4. The molecule has 0 unspecified atom stereocenters. The Bertz CT molecular complexity index is 1240. The quantitative estimate of drug-likeness (QED) is 0.653. The van der Waals surface area contributed by atoms with Crippen LogP contribution in [-0.4, -0.2) is 46.1 Å². The fraction of sp³-hybridized carbons (Fsp3) is 0.273. The first-order chi connectivity index (χ1) is 15.0. The Morgan fingerprint density at radius 1 is 1.29 bits per heavy atom. The number of aromatic amines is 1. The van der Waals surface area contributed by atoms with E-state index in [1.165, 1.54) is 19.3 Å². The number of pyridine rings is 3. The molecule has 1 amide bonds. The Hall–Kier alpha value is -3.43. The fourth-order valence-electron chi connectivity index (χ4n) is 3.42. The Morgan fingerprint density at radius 3 is 2.81 bits per heavy atom. The van der Waals surface area contributed by atoms with Gasteiger partial charge in [-0.1, -0.05) is 13.0 Å². The van der Waals surface area contributed by atoms with Crippen LogP contribution in [0, 0.1) is 5.82 Å². The van der Waals surface area contributed by atoms with Crippen molar-refractivity contribution in [3.8, 4) is 0 Å². The lowest BCUT2D eigenvalue weighted by atomic mass is 10.1. The lowest BCUT2D eigenvalue weighted by molar-refractivity contribution is -0.150. The van der Waals surface area contributed by atoms with Crippen LogP contribution in [0.1, 0.15) is 34.1 Å². The van der Waals surface area contributed by atoms with Gasteiger partial charge in [0.15, 0.2) is 0 Å². The van der Waals surface area contributed by atoms with Gasteiger partial charge in [-0.2, -0.15) is 5.06 Å². The van der Waals surface area contributed by atoms with Gasteiger partial charge < -0.3 is 10.3 Å². The van der Waals surface area contributed by atoms with Crippen LogP contribution in [0.3, 0.4) is 0 Å². The van der Waals surface area contributed by atoms with Crippen LogP contribution in [0.4, 0.5) is 4.39 Å². The van der Waals surface area contributed by atoms with E-state index in [-0.39, 0.29) is 23.4 Å². The van der Waals surface area contributed by atoms with Crippen molar-refractivity contribution < 1.29 is 14.0 Å². The number of aryl methyl sites for hydroxylation is 1. The number of carbonyl (C=O) groups excluding carboxylic acids is 1. The van der Waals surface area contributed by atoms with Crippen LogP contribution < -0.4 is 10.9 Å². The molecular weight excluding hydrogens is 401 g/mol. The molecule has 4 rings (SSSR count). The van der Waals surface area contributed by atoms with Crippen molar-refractivity contribution >= 4 is 22.5 Å². The first kappa shape index (κ1) is 20.8. The summed E-state index contributed by atoms with van der Waals surface area (Å²) in [7, 11) is 1.48. The van der Waals surface area contributed by atoms with Gasteiger partial charge in [0.2, 0.25) is 0 Å². The molecule has 0 spiro atoms. The second-order valence-corrected chi connectivity index (χ2v) is 7.21. The molecular formula is C22H22FN5O3. The van der Waals surface area contributed by atoms with Crippen LogP contribution in [0.25, 0.3) is 16.6 Å². The molecule has 0 saturated carbocycles. The Morgan fingerprint density at radius 2 is 2.13 bits per heavy atom. The Labute approximate surface area is 177 Å². The molecule has 160 valence electrons. The first-order valence-electron chi connectivity index (χ1n) is 9.94. The molecule has 1 aliphatic rings. The van der Waals surface area contributed by atoms with Gasteiger partial charge >= 0.3 is 0 Å². The second-order valence-electron chi connectivity index (χ2n) is 7.21. The van der Waals surface area contributed by atoms with Gasteiger partial charge in [-0.25, -0.2) is 4.39 Å². The lowest BCUT2D eigenvalue weighted by Gasteiger charge is -2.26. The number of nitrogens with one attached hydrogen (secondary N) is 2. The summed E-state index contributed by atoms with van der Waals surface area (Å²) in [4.78, 5) is 40.8. The molecule has 3 aromatic heterocycles. The summed E-state index contributed by atoms with van der Waals surface area (Å²) in [5, 5.41) is 4.16.